The molecule has 0 heterocycles. The van der Waals surface area contributed by atoms with Gasteiger partial charge in [0.15, 0.2) is 0 Å². The minimum atomic E-state index is -0.462. The Morgan fingerprint density at radius 2 is 1.43 bits per heavy atom. The summed E-state index contributed by atoms with van der Waals surface area (Å²) in [6.45, 7) is 16.7. The lowest BCUT2D eigenvalue weighted by Gasteiger charge is -2.44. The Bertz CT molecular complexity index is 1020. The Morgan fingerprint density at radius 1 is 0.881 bits per heavy atom. The molecule has 0 fully saturated rings. The molecule has 1 rings (SSSR count). The minimum absolute atomic E-state index is 0.0341. The van der Waals surface area contributed by atoms with Crippen molar-refractivity contribution in [1.82, 2.24) is 9.80 Å². The van der Waals surface area contributed by atoms with E-state index in [0.29, 0.717) is 18.4 Å². The first-order chi connectivity index (χ1) is 19.3. The van der Waals surface area contributed by atoms with E-state index in [4.69, 9.17) is 4.74 Å². The molecule has 0 saturated heterocycles. The van der Waals surface area contributed by atoms with Gasteiger partial charge >= 0.3 is 5.97 Å². The van der Waals surface area contributed by atoms with Crippen molar-refractivity contribution in [3.8, 4) is 0 Å². The van der Waals surface area contributed by atoms with Crippen LogP contribution in [0.5, 0.6) is 0 Å². The number of hydrogen-bond acceptors (Lipinski definition) is 7. The average molecular weight is 592 g/mol. The molecule has 240 valence electrons. The van der Waals surface area contributed by atoms with Gasteiger partial charge in [-0.1, -0.05) is 55.4 Å². The molecule has 0 spiro atoms. The van der Waals surface area contributed by atoms with Crippen molar-refractivity contribution in [3.63, 3.8) is 0 Å². The molecule has 9 nitrogen and oxygen atoms in total. The Kier molecular flexibility index (Phi) is 14.0. The molecule has 0 aliphatic heterocycles. The summed E-state index contributed by atoms with van der Waals surface area (Å²) >= 11 is 0. The predicted molar refractivity (Wildman–Crippen MR) is 168 cm³/mol. The number of rotatable bonds is 16. The summed E-state index contributed by atoms with van der Waals surface area (Å²) in [4.78, 5) is 43.0. The van der Waals surface area contributed by atoms with Gasteiger partial charge in [0, 0.05) is 51.8 Å². The molecule has 0 radical (unpaired) electrons. The van der Waals surface area contributed by atoms with Crippen LogP contribution in [0.3, 0.4) is 0 Å². The highest BCUT2D eigenvalue weighted by Gasteiger charge is 2.44. The quantitative estimate of drug-likeness (QED) is 0.242. The van der Waals surface area contributed by atoms with Crippen LogP contribution in [0, 0.1) is 34.0 Å². The van der Waals surface area contributed by atoms with Crippen LogP contribution in [0.4, 0.5) is 5.69 Å². The van der Waals surface area contributed by atoms with E-state index in [9.17, 15) is 24.6 Å². The van der Waals surface area contributed by atoms with E-state index in [-0.39, 0.29) is 62.0 Å². The van der Waals surface area contributed by atoms with Gasteiger partial charge in [0.25, 0.3) is 0 Å². The van der Waals surface area contributed by atoms with Crippen LogP contribution in [0.2, 0.25) is 0 Å². The molecule has 0 aliphatic carbocycles. The number of carbonyl (C=O) groups is 3. The Hall–Kier alpha value is -2.65. The smallest absolute Gasteiger partial charge is 0.338 e. The van der Waals surface area contributed by atoms with Crippen LogP contribution < -0.4 is 5.32 Å². The van der Waals surface area contributed by atoms with Crippen molar-refractivity contribution < 1.29 is 29.3 Å². The summed E-state index contributed by atoms with van der Waals surface area (Å²) in [6.07, 6.45) is 1.03. The van der Waals surface area contributed by atoms with Gasteiger partial charge in [-0.2, -0.15) is 0 Å². The van der Waals surface area contributed by atoms with Gasteiger partial charge in [0.05, 0.1) is 18.7 Å². The molecule has 3 N–H and O–H groups in total. The van der Waals surface area contributed by atoms with Gasteiger partial charge in [-0.25, -0.2) is 4.79 Å². The normalized spacial score (nSPS) is 14.5. The average Bonchev–Trinajstić information content (AvgIpc) is 2.92. The minimum Gasteiger partial charge on any atom is -0.460 e. The first kappa shape index (κ1) is 37.4. The summed E-state index contributed by atoms with van der Waals surface area (Å²) in [5.41, 5.74) is 0.117. The number of nitrogens with one attached hydrogen (secondary N) is 1. The molecule has 0 saturated carbocycles. The van der Waals surface area contributed by atoms with Crippen LogP contribution in [-0.4, -0.2) is 91.8 Å². The lowest BCUT2D eigenvalue weighted by molar-refractivity contribution is -0.142. The lowest BCUT2D eigenvalue weighted by atomic mass is 9.62. The fourth-order valence-corrected chi connectivity index (χ4v) is 5.21. The lowest BCUT2D eigenvalue weighted by Crippen LogP contribution is -2.47. The number of nitrogens with zero attached hydrogens (tertiary/aromatic N) is 2. The number of benzene rings is 1. The van der Waals surface area contributed by atoms with Crippen LogP contribution in [0.25, 0.3) is 0 Å². The maximum atomic E-state index is 13.8. The summed E-state index contributed by atoms with van der Waals surface area (Å²) in [7, 11) is 5.23. The third-order valence-corrected chi connectivity index (χ3v) is 8.68. The Balaban J connectivity index is 3.07. The topological polar surface area (TPSA) is 119 Å². The van der Waals surface area contributed by atoms with Crippen LogP contribution >= 0.6 is 0 Å². The monoisotopic (exact) mass is 591 g/mol. The molecule has 1 aromatic carbocycles. The first-order valence-corrected chi connectivity index (χ1v) is 15.0. The molecule has 3 unspecified atom stereocenters. The molecule has 2 amide bonds. The van der Waals surface area contributed by atoms with Gasteiger partial charge in [-0.3, -0.25) is 9.59 Å². The predicted octanol–water partition coefficient (Wildman–Crippen LogP) is 4.53. The van der Waals surface area contributed by atoms with E-state index < -0.39 is 22.7 Å². The summed E-state index contributed by atoms with van der Waals surface area (Å²) in [5.74, 6) is -1.39. The molecule has 9 heteroatoms. The van der Waals surface area contributed by atoms with E-state index in [0.717, 1.165) is 5.69 Å². The first-order valence-electron chi connectivity index (χ1n) is 15.0. The van der Waals surface area contributed by atoms with E-state index in [1.165, 1.54) is 0 Å². The van der Waals surface area contributed by atoms with Crippen LogP contribution in [0.1, 0.15) is 78.6 Å². The number of esters is 1. The third-order valence-electron chi connectivity index (χ3n) is 8.68. The second kappa shape index (κ2) is 15.7. The standard InChI is InChI=1S/C33H57N3O6/c1-23(26(20-32(5,6)22-38)28(39)35(10)16-18-37)33(7,8)21-27(31(2,3)4)29(40)36(11)17-19-42-30(41)24-12-14-25(34-9)15-13-24/h12-15,23,26-27,34,37-38H,16-22H2,1-11H3. The zero-order valence-corrected chi connectivity index (χ0v) is 27.9. The molecule has 1 aromatic rings. The fourth-order valence-electron chi connectivity index (χ4n) is 5.21. The van der Waals surface area contributed by atoms with E-state index in [2.05, 4.69) is 26.1 Å². The summed E-state index contributed by atoms with van der Waals surface area (Å²) < 4.78 is 5.45. The van der Waals surface area contributed by atoms with E-state index in [1.807, 2.05) is 34.6 Å². The number of amides is 2. The van der Waals surface area contributed by atoms with Gasteiger partial charge < -0.3 is 30.1 Å². The van der Waals surface area contributed by atoms with Gasteiger partial charge in [-0.15, -0.1) is 0 Å². The number of hydrogen-bond donors (Lipinski definition) is 3. The second-order valence-electron chi connectivity index (χ2n) is 14.2. The van der Waals surface area contributed by atoms with E-state index in [1.54, 1.807) is 55.2 Å². The molecule has 0 aromatic heterocycles. The molecule has 42 heavy (non-hydrogen) atoms. The number of aliphatic hydroxyl groups excluding tert-OH is 2. The van der Waals surface area contributed by atoms with Crippen molar-refractivity contribution in [2.45, 2.75) is 68.2 Å². The maximum Gasteiger partial charge on any atom is 0.338 e. The Morgan fingerprint density at radius 3 is 1.90 bits per heavy atom. The molecular weight excluding hydrogens is 534 g/mol. The number of carbonyl (C=O) groups excluding carboxylic acids is 3. The Labute approximate surface area is 254 Å². The zero-order valence-electron chi connectivity index (χ0n) is 27.9. The highest BCUT2D eigenvalue weighted by atomic mass is 16.5. The van der Waals surface area contributed by atoms with Gasteiger partial charge in [-0.05, 0) is 59.3 Å². The molecule has 0 aliphatic rings. The second-order valence-corrected chi connectivity index (χ2v) is 14.2. The van der Waals surface area contributed by atoms with Crippen molar-refractivity contribution in [2.24, 2.45) is 34.0 Å². The largest absolute Gasteiger partial charge is 0.460 e. The number of anilines is 1. The maximum absolute atomic E-state index is 13.8. The SMILES string of the molecule is CNc1ccc(C(=O)OCCN(C)C(=O)C(CC(C)(C)C(C)C(CC(C)(C)CO)C(=O)N(C)CCO)C(C)(C)C)cc1. The van der Waals surface area contributed by atoms with Gasteiger partial charge in [0.2, 0.25) is 11.8 Å². The number of ether oxygens (including phenoxy) is 1. The zero-order chi connectivity index (χ0) is 32.5. The molecule has 3 atom stereocenters. The fraction of sp³-hybridized carbons (Fsp3) is 0.727. The van der Waals surface area contributed by atoms with Crippen LogP contribution in [-0.2, 0) is 14.3 Å². The van der Waals surface area contributed by atoms with Crippen molar-refractivity contribution in [3.05, 3.63) is 29.8 Å². The summed E-state index contributed by atoms with van der Waals surface area (Å²) in [5, 5.41) is 22.4. The summed E-state index contributed by atoms with van der Waals surface area (Å²) in [6, 6.07) is 7.00. The number of likely N-dealkylation sites (N-methyl/N-ethyl adjacent to an activating group) is 2. The van der Waals surface area contributed by atoms with Crippen molar-refractivity contribution in [1.29, 1.82) is 0 Å². The van der Waals surface area contributed by atoms with Gasteiger partial charge in [0.1, 0.15) is 6.61 Å². The number of aliphatic hydroxyl groups is 2. The highest BCUT2D eigenvalue weighted by Crippen LogP contribution is 2.46. The van der Waals surface area contributed by atoms with Crippen LogP contribution in [0.15, 0.2) is 24.3 Å². The third kappa shape index (κ3) is 10.9. The van der Waals surface area contributed by atoms with Crippen molar-refractivity contribution in [2.75, 3.05) is 59.4 Å². The van der Waals surface area contributed by atoms with E-state index >= 15 is 0 Å². The molecular formula is C33H57N3O6. The highest BCUT2D eigenvalue weighted by molar-refractivity contribution is 5.89. The van der Waals surface area contributed by atoms with Crippen molar-refractivity contribution >= 4 is 23.5 Å². The molecule has 0 bridgehead atoms.